The molecule has 0 radical (unpaired) electrons. The number of aromatic nitrogens is 5. The third-order valence-electron chi connectivity index (χ3n) is 6.95. The Morgan fingerprint density at radius 2 is 1.92 bits per heavy atom. The molecule has 0 aliphatic heterocycles. The number of carbonyl (C=O) groups is 1. The first-order chi connectivity index (χ1) is 17.2. The third kappa shape index (κ3) is 4.56. The number of hydrogen-bond donors (Lipinski definition) is 5. The molecule has 11 nitrogen and oxygen atoms in total. The van der Waals surface area contributed by atoms with E-state index in [2.05, 4.69) is 25.7 Å². The first-order valence-electron chi connectivity index (χ1n) is 12.2. The lowest BCUT2D eigenvalue weighted by Crippen LogP contribution is -2.41. The van der Waals surface area contributed by atoms with Crippen molar-refractivity contribution >= 4 is 23.4 Å². The highest BCUT2D eigenvalue weighted by Crippen LogP contribution is 2.48. The number of anilines is 1. The number of aromatic hydroxyl groups is 1. The summed E-state index contributed by atoms with van der Waals surface area (Å²) in [5.74, 6) is -4.23. The monoisotopic (exact) mass is 500 g/mol. The fourth-order valence-electron chi connectivity index (χ4n) is 4.66. The van der Waals surface area contributed by atoms with Gasteiger partial charge in [0.05, 0.1) is 12.2 Å². The summed E-state index contributed by atoms with van der Waals surface area (Å²) in [5.41, 5.74) is 0.877. The van der Waals surface area contributed by atoms with E-state index in [4.69, 9.17) is 9.98 Å². The zero-order valence-corrected chi connectivity index (χ0v) is 19.3. The Hall–Kier alpha value is -3.77. The summed E-state index contributed by atoms with van der Waals surface area (Å²) in [4.78, 5) is 37.8. The van der Waals surface area contributed by atoms with E-state index in [1.54, 1.807) is 16.8 Å². The third-order valence-corrected chi connectivity index (χ3v) is 6.95. The van der Waals surface area contributed by atoms with E-state index >= 15 is 0 Å². The minimum absolute atomic E-state index is 0.102. The maximum absolute atomic E-state index is 13.2. The molecule has 5 N–H and O–H groups in total. The van der Waals surface area contributed by atoms with Crippen molar-refractivity contribution in [1.29, 1.82) is 0 Å². The highest BCUT2D eigenvalue weighted by molar-refractivity contribution is 5.83. The number of halogens is 2. The summed E-state index contributed by atoms with van der Waals surface area (Å²) in [7, 11) is 0. The van der Waals surface area contributed by atoms with Gasteiger partial charge in [0.2, 0.25) is 11.8 Å². The lowest BCUT2D eigenvalue weighted by atomic mass is 9.91. The highest BCUT2D eigenvalue weighted by Gasteiger charge is 2.61. The maximum Gasteiger partial charge on any atom is 0.326 e. The van der Waals surface area contributed by atoms with Crippen LogP contribution >= 0.6 is 0 Å². The summed E-state index contributed by atoms with van der Waals surface area (Å²) in [6, 6.07) is 2.10. The van der Waals surface area contributed by atoms with Crippen LogP contribution in [0.2, 0.25) is 0 Å². The minimum Gasteiger partial charge on any atom is -0.493 e. The Morgan fingerprint density at radius 1 is 1.19 bits per heavy atom. The Bertz CT molecular complexity index is 1500. The molecule has 3 aromatic heterocycles. The second-order valence-electron chi connectivity index (χ2n) is 9.90. The molecule has 6 rings (SSSR count). The molecular weight excluding hydrogens is 474 g/mol. The molecule has 1 amide bonds. The Balaban J connectivity index is 1.22. The molecule has 3 aliphatic rings. The molecule has 3 saturated carbocycles. The molecule has 3 aromatic rings. The first-order valence-corrected chi connectivity index (χ1v) is 12.2. The highest BCUT2D eigenvalue weighted by atomic mass is 19.3. The van der Waals surface area contributed by atoms with Crippen LogP contribution in [0.25, 0.3) is 11.7 Å². The summed E-state index contributed by atoms with van der Waals surface area (Å²) in [5, 5.41) is 21.2. The Kier molecular flexibility index (Phi) is 5.30. The quantitative estimate of drug-likeness (QED) is 0.333. The van der Waals surface area contributed by atoms with Crippen LogP contribution in [-0.2, 0) is 4.79 Å². The van der Waals surface area contributed by atoms with Crippen molar-refractivity contribution in [3.05, 3.63) is 39.1 Å². The second kappa shape index (κ2) is 8.42. The van der Waals surface area contributed by atoms with Gasteiger partial charge in [0, 0.05) is 29.8 Å². The normalized spacial score (nSPS) is 26.3. The van der Waals surface area contributed by atoms with Gasteiger partial charge in [-0.05, 0) is 44.6 Å². The van der Waals surface area contributed by atoms with Crippen LogP contribution in [0.15, 0.2) is 22.1 Å². The topological polar surface area (TPSA) is 153 Å². The van der Waals surface area contributed by atoms with Gasteiger partial charge in [-0.15, -0.1) is 0 Å². The molecule has 190 valence electrons. The van der Waals surface area contributed by atoms with Gasteiger partial charge in [-0.3, -0.25) is 14.8 Å². The van der Waals surface area contributed by atoms with Crippen molar-refractivity contribution in [2.24, 2.45) is 10.9 Å². The molecular formula is C23H26F2N8O3. The lowest BCUT2D eigenvalue weighted by Gasteiger charge is -2.30. The Morgan fingerprint density at radius 3 is 2.56 bits per heavy atom. The van der Waals surface area contributed by atoms with E-state index in [1.165, 1.54) is 0 Å². The summed E-state index contributed by atoms with van der Waals surface area (Å²) >= 11 is 0. The SMILES string of the molecule is O=C(NC1CCC(Nc2cc(=NC3CC3)n3nc/c(=C/c4[nH]c(=O)[nH]c4O)c3n2)CC1)C1CC1(F)F. The molecule has 1 atom stereocenters. The van der Waals surface area contributed by atoms with E-state index in [-0.39, 0.29) is 36.1 Å². The molecule has 1 unspecified atom stereocenters. The van der Waals surface area contributed by atoms with Gasteiger partial charge in [0.15, 0.2) is 11.1 Å². The number of rotatable bonds is 6. The second-order valence-corrected chi connectivity index (χ2v) is 9.90. The average molecular weight is 501 g/mol. The molecule has 36 heavy (non-hydrogen) atoms. The van der Waals surface area contributed by atoms with Crippen LogP contribution in [0.4, 0.5) is 14.6 Å². The number of H-pyrrole nitrogens is 2. The molecule has 0 spiro atoms. The van der Waals surface area contributed by atoms with Gasteiger partial charge >= 0.3 is 5.69 Å². The predicted octanol–water partition coefficient (Wildman–Crippen LogP) is 0.557. The van der Waals surface area contributed by atoms with Gasteiger partial charge in [-0.1, -0.05) is 0 Å². The lowest BCUT2D eigenvalue weighted by molar-refractivity contribution is -0.125. The number of nitrogens with one attached hydrogen (secondary N) is 4. The van der Waals surface area contributed by atoms with Gasteiger partial charge < -0.3 is 20.7 Å². The van der Waals surface area contributed by atoms with Crippen molar-refractivity contribution in [3.8, 4) is 5.88 Å². The largest absolute Gasteiger partial charge is 0.493 e. The minimum atomic E-state index is -2.85. The fourth-order valence-corrected chi connectivity index (χ4v) is 4.66. The number of imidazole rings is 1. The molecule has 3 fully saturated rings. The molecule has 3 aliphatic carbocycles. The van der Waals surface area contributed by atoms with Gasteiger partial charge in [0.25, 0.3) is 5.92 Å². The van der Waals surface area contributed by atoms with Crippen LogP contribution in [0, 0.1) is 5.92 Å². The molecule has 0 bridgehead atoms. The van der Waals surface area contributed by atoms with Crippen molar-refractivity contribution in [2.75, 3.05) is 5.32 Å². The van der Waals surface area contributed by atoms with Gasteiger partial charge in [-0.25, -0.2) is 18.6 Å². The smallest absolute Gasteiger partial charge is 0.326 e. The van der Waals surface area contributed by atoms with Crippen LogP contribution in [0.3, 0.4) is 0 Å². The van der Waals surface area contributed by atoms with Crippen LogP contribution in [0.5, 0.6) is 5.88 Å². The number of fused-ring (bicyclic) bond motifs is 1. The van der Waals surface area contributed by atoms with Crippen molar-refractivity contribution in [1.82, 2.24) is 29.9 Å². The van der Waals surface area contributed by atoms with E-state index in [1.807, 2.05) is 6.07 Å². The first kappa shape index (κ1) is 22.7. The summed E-state index contributed by atoms with van der Waals surface area (Å²) in [6.07, 6.45) is 7.76. The van der Waals surface area contributed by atoms with Crippen molar-refractivity contribution in [3.63, 3.8) is 0 Å². The number of nitrogens with zero attached hydrogens (tertiary/aromatic N) is 4. The van der Waals surface area contributed by atoms with E-state index in [9.17, 15) is 23.5 Å². The van der Waals surface area contributed by atoms with Crippen LogP contribution < -0.4 is 27.0 Å². The number of alkyl halides is 2. The van der Waals surface area contributed by atoms with Crippen LogP contribution in [0.1, 0.15) is 50.6 Å². The van der Waals surface area contributed by atoms with Crippen molar-refractivity contribution in [2.45, 2.75) is 69.0 Å². The van der Waals surface area contributed by atoms with Gasteiger partial charge in [0.1, 0.15) is 17.4 Å². The molecule has 3 heterocycles. The number of aromatic amines is 2. The fraction of sp³-hybridized carbons (Fsp3) is 0.522. The van der Waals surface area contributed by atoms with Crippen LogP contribution in [-0.4, -0.2) is 59.6 Å². The zero-order valence-electron chi connectivity index (χ0n) is 19.3. The number of hydrogen-bond acceptors (Lipinski definition) is 7. The maximum atomic E-state index is 13.2. The average Bonchev–Trinajstić information content (AvgIpc) is 3.68. The number of amides is 1. The molecule has 0 saturated heterocycles. The van der Waals surface area contributed by atoms with E-state index in [0.29, 0.717) is 35.0 Å². The van der Waals surface area contributed by atoms with E-state index < -0.39 is 23.4 Å². The summed E-state index contributed by atoms with van der Waals surface area (Å²) < 4.78 is 27.9. The molecule has 13 heteroatoms. The molecule has 0 aromatic carbocycles. The van der Waals surface area contributed by atoms with Gasteiger partial charge in [-0.2, -0.15) is 9.61 Å². The standard InChI is InChI=1S/C23H26F2N8O3/c24-23(25)9-15(23)20(34)29-14-5-1-12(2-6-14)27-17-8-18(28-13-3-4-13)33-19(31-17)11(10-26-33)7-16-21(35)32-22(36)30-16/h7-8,10,12-15,27,35H,1-6,9H2,(H,29,34)(H2,30,32,36)/b11-7-,28-18?. The van der Waals surface area contributed by atoms with E-state index in [0.717, 1.165) is 25.7 Å². The Labute approximate surface area is 202 Å². The number of carbonyl (C=O) groups excluding carboxylic acids is 1. The zero-order chi connectivity index (χ0) is 25.0. The van der Waals surface area contributed by atoms with Crippen molar-refractivity contribution < 1.29 is 18.7 Å². The predicted molar refractivity (Wildman–Crippen MR) is 124 cm³/mol. The summed E-state index contributed by atoms with van der Waals surface area (Å²) in [6.45, 7) is 0.